The first-order valence-electron chi connectivity index (χ1n) is 7.74. The van der Waals surface area contributed by atoms with Crippen LogP contribution in [-0.4, -0.2) is 38.7 Å². The van der Waals surface area contributed by atoms with Crippen LogP contribution < -0.4 is 10.6 Å². The third-order valence-corrected chi connectivity index (χ3v) is 3.72. The second kappa shape index (κ2) is 7.87. The van der Waals surface area contributed by atoms with E-state index in [1.54, 1.807) is 13.0 Å². The topological polar surface area (TPSA) is 125 Å². The van der Waals surface area contributed by atoms with Gasteiger partial charge in [-0.1, -0.05) is 16.8 Å². The molecule has 1 amide bonds. The number of anilines is 2. The number of aromatic nitrogens is 3. The number of rotatable bonds is 4. The van der Waals surface area contributed by atoms with Crippen molar-refractivity contribution in [1.29, 1.82) is 0 Å². The van der Waals surface area contributed by atoms with E-state index in [2.05, 4.69) is 30.7 Å². The number of H-pyrrole nitrogens is 1. The van der Waals surface area contributed by atoms with E-state index in [9.17, 15) is 14.4 Å². The van der Waals surface area contributed by atoms with Gasteiger partial charge >= 0.3 is 6.09 Å². The number of halogens is 2. The van der Waals surface area contributed by atoms with Crippen LogP contribution in [0.1, 0.15) is 12.5 Å². The maximum Gasteiger partial charge on any atom is 0.413 e. The molecule has 0 saturated carbocycles. The molecule has 0 unspecified atom stereocenters. The molecule has 140 valence electrons. The lowest BCUT2D eigenvalue weighted by atomic mass is 10.2. The van der Waals surface area contributed by atoms with Crippen LogP contribution in [0.4, 0.5) is 20.8 Å². The minimum Gasteiger partial charge on any atom is -0.450 e. The number of ether oxygens (including phenoxy) is 1. The number of imidazole rings is 1. The van der Waals surface area contributed by atoms with E-state index >= 15 is 0 Å². The summed E-state index contributed by atoms with van der Waals surface area (Å²) in [6.45, 7) is 1.89. The third kappa shape index (κ3) is 4.06. The van der Waals surface area contributed by atoms with Gasteiger partial charge in [-0.25, -0.2) is 14.2 Å². The molecule has 11 heteroatoms. The summed E-state index contributed by atoms with van der Waals surface area (Å²) in [5.41, 5.74) is 1.49. The maximum absolute atomic E-state index is 13.3. The number of benzene rings is 1. The average Bonchev–Trinajstić information content (AvgIpc) is 3.05. The van der Waals surface area contributed by atoms with Crippen molar-refractivity contribution >= 4 is 46.3 Å². The highest BCUT2D eigenvalue weighted by Gasteiger charge is 2.15. The van der Waals surface area contributed by atoms with Crippen LogP contribution >= 0.6 is 11.6 Å². The Morgan fingerprint density at radius 3 is 2.93 bits per heavy atom. The molecule has 0 saturated heterocycles. The first kappa shape index (κ1) is 18.4. The van der Waals surface area contributed by atoms with E-state index in [0.29, 0.717) is 16.8 Å². The molecule has 0 aliphatic heterocycles. The highest BCUT2D eigenvalue weighted by atomic mass is 35.5. The molecule has 3 rings (SSSR count). The molecule has 2 aromatic heterocycles. The Labute approximate surface area is 157 Å². The Morgan fingerprint density at radius 1 is 1.41 bits per heavy atom. The summed E-state index contributed by atoms with van der Waals surface area (Å²) >= 11 is 5.76. The smallest absolute Gasteiger partial charge is 0.413 e. The minimum absolute atomic E-state index is 0.0383. The van der Waals surface area contributed by atoms with Crippen LogP contribution in [-0.2, 0) is 4.74 Å². The third-order valence-electron chi connectivity index (χ3n) is 3.43. The number of oxime groups is 1. The van der Waals surface area contributed by atoms with Crippen LogP contribution in [0.3, 0.4) is 0 Å². The number of carbonyl (C=O) groups excluding carboxylic acids is 1. The van der Waals surface area contributed by atoms with Crippen molar-refractivity contribution in [2.75, 3.05) is 17.2 Å². The monoisotopic (exact) mass is 392 g/mol. The quantitative estimate of drug-likeness (QED) is 0.233. The fourth-order valence-corrected chi connectivity index (χ4v) is 2.47. The van der Waals surface area contributed by atoms with Crippen LogP contribution in [0.5, 0.6) is 0 Å². The lowest BCUT2D eigenvalue weighted by Crippen LogP contribution is -2.15. The first-order chi connectivity index (χ1) is 13.0. The molecule has 0 atom stereocenters. The zero-order valence-electron chi connectivity index (χ0n) is 14.0. The van der Waals surface area contributed by atoms with Gasteiger partial charge in [0, 0.05) is 17.4 Å². The molecule has 3 aromatic rings. The molecule has 0 bridgehead atoms. The summed E-state index contributed by atoms with van der Waals surface area (Å²) in [6.07, 6.45) is 0.783. The number of carbonyl (C=O) groups is 1. The van der Waals surface area contributed by atoms with E-state index in [0.717, 1.165) is 0 Å². The van der Waals surface area contributed by atoms with Crippen molar-refractivity contribution in [1.82, 2.24) is 15.0 Å². The van der Waals surface area contributed by atoms with Gasteiger partial charge in [-0.2, -0.15) is 4.98 Å². The number of nitrogens with one attached hydrogen (secondary N) is 3. The standard InChI is InChI=1S/C16H14ClFN6O3/c1-2-27-16(25)23-15-21-12-9(5-6-19-14(12)22-15)13(24-26)20-8-3-4-11(18)10(17)7-8/h3-7,26H,2H2,1H3,(H,20,24)(H2,19,21,22,23,25). The number of nitrogens with zero attached hydrogens (tertiary/aromatic N) is 3. The van der Waals surface area contributed by atoms with Gasteiger partial charge in [0.25, 0.3) is 0 Å². The van der Waals surface area contributed by atoms with E-state index in [-0.39, 0.29) is 29.1 Å². The van der Waals surface area contributed by atoms with Gasteiger partial charge in [-0.15, -0.1) is 0 Å². The molecular formula is C16H14ClFN6O3. The molecule has 4 N–H and O–H groups in total. The Balaban J connectivity index is 1.92. The zero-order chi connectivity index (χ0) is 19.4. The van der Waals surface area contributed by atoms with Crippen LogP contribution in [0.15, 0.2) is 35.6 Å². The van der Waals surface area contributed by atoms with Crippen molar-refractivity contribution < 1.29 is 19.1 Å². The molecule has 0 aliphatic carbocycles. The number of hydrogen-bond donors (Lipinski definition) is 4. The summed E-state index contributed by atoms with van der Waals surface area (Å²) in [7, 11) is 0. The number of pyridine rings is 1. The van der Waals surface area contributed by atoms with E-state index in [1.807, 2.05) is 0 Å². The fourth-order valence-electron chi connectivity index (χ4n) is 2.29. The van der Waals surface area contributed by atoms with Gasteiger partial charge in [0.15, 0.2) is 11.5 Å². The van der Waals surface area contributed by atoms with Crippen molar-refractivity contribution in [3.63, 3.8) is 0 Å². The van der Waals surface area contributed by atoms with Crippen LogP contribution in [0, 0.1) is 5.82 Å². The molecular weight excluding hydrogens is 379 g/mol. The predicted molar refractivity (Wildman–Crippen MR) is 97.9 cm³/mol. The molecule has 9 nitrogen and oxygen atoms in total. The van der Waals surface area contributed by atoms with Gasteiger partial charge in [0.05, 0.1) is 17.1 Å². The average molecular weight is 393 g/mol. The number of aromatic amines is 1. The number of amides is 1. The fraction of sp³-hybridized carbons (Fsp3) is 0.125. The van der Waals surface area contributed by atoms with Crippen LogP contribution in [0.2, 0.25) is 5.02 Å². The molecule has 0 fully saturated rings. The highest BCUT2D eigenvalue weighted by Crippen LogP contribution is 2.22. The van der Waals surface area contributed by atoms with Gasteiger partial charge < -0.3 is 20.2 Å². The van der Waals surface area contributed by atoms with E-state index < -0.39 is 11.9 Å². The van der Waals surface area contributed by atoms with Crippen molar-refractivity contribution in [2.24, 2.45) is 5.16 Å². The number of amidine groups is 1. The summed E-state index contributed by atoms with van der Waals surface area (Å²) in [5.74, 6) is -0.416. The maximum atomic E-state index is 13.3. The molecule has 1 aromatic carbocycles. The first-order valence-corrected chi connectivity index (χ1v) is 8.12. The summed E-state index contributed by atoms with van der Waals surface area (Å²) in [4.78, 5) is 22.6. The minimum atomic E-state index is -0.673. The van der Waals surface area contributed by atoms with E-state index in [4.69, 9.17) is 16.3 Å². The second-order valence-corrected chi connectivity index (χ2v) is 5.60. The van der Waals surface area contributed by atoms with Gasteiger partial charge in [-0.05, 0) is 31.2 Å². The zero-order valence-corrected chi connectivity index (χ0v) is 14.7. The molecule has 0 radical (unpaired) electrons. The summed E-state index contributed by atoms with van der Waals surface area (Å²) < 4.78 is 18.1. The van der Waals surface area contributed by atoms with Crippen LogP contribution in [0.25, 0.3) is 11.2 Å². The summed E-state index contributed by atoms with van der Waals surface area (Å²) in [6, 6.07) is 5.54. The van der Waals surface area contributed by atoms with Crippen molar-refractivity contribution in [3.8, 4) is 0 Å². The Kier molecular flexibility index (Phi) is 5.36. The van der Waals surface area contributed by atoms with Gasteiger partial charge in [0.1, 0.15) is 5.82 Å². The lowest BCUT2D eigenvalue weighted by molar-refractivity contribution is 0.167. The Bertz CT molecular complexity index is 1020. The van der Waals surface area contributed by atoms with Gasteiger partial charge in [0.2, 0.25) is 5.95 Å². The largest absolute Gasteiger partial charge is 0.450 e. The highest BCUT2D eigenvalue weighted by molar-refractivity contribution is 6.31. The number of fused-ring (bicyclic) bond motifs is 1. The molecule has 0 spiro atoms. The lowest BCUT2D eigenvalue weighted by Gasteiger charge is -2.09. The number of hydrogen-bond acceptors (Lipinski definition) is 6. The molecule has 27 heavy (non-hydrogen) atoms. The van der Waals surface area contributed by atoms with E-state index in [1.165, 1.54) is 24.4 Å². The Morgan fingerprint density at radius 2 is 2.22 bits per heavy atom. The van der Waals surface area contributed by atoms with Gasteiger partial charge in [-0.3, -0.25) is 5.32 Å². The second-order valence-electron chi connectivity index (χ2n) is 5.19. The Hall–Kier alpha value is -3.40. The summed E-state index contributed by atoms with van der Waals surface area (Å²) in [5, 5.41) is 17.8. The van der Waals surface area contributed by atoms with Crippen molar-refractivity contribution in [3.05, 3.63) is 46.9 Å². The predicted octanol–water partition coefficient (Wildman–Crippen LogP) is 3.57. The normalized spacial score (nSPS) is 11.4. The molecule has 2 heterocycles. The van der Waals surface area contributed by atoms with Crippen molar-refractivity contribution in [2.45, 2.75) is 6.92 Å². The molecule has 0 aliphatic rings. The SMILES string of the molecule is CCOC(=O)Nc1nc2nccc(/C(=N/O)Nc3ccc(F)c(Cl)c3)c2[nH]1.